The molecule has 0 bridgehead atoms. The number of aliphatic hydroxyl groups is 1. The van der Waals surface area contributed by atoms with E-state index in [4.69, 9.17) is 9.47 Å². The van der Waals surface area contributed by atoms with Gasteiger partial charge in [-0.1, -0.05) is 43.3 Å². The highest BCUT2D eigenvalue weighted by Crippen LogP contribution is 2.62. The van der Waals surface area contributed by atoms with Gasteiger partial charge in [0.05, 0.1) is 19.1 Å². The summed E-state index contributed by atoms with van der Waals surface area (Å²) >= 11 is 0. The average Bonchev–Trinajstić information content (AvgIpc) is 3.08. The lowest BCUT2D eigenvalue weighted by atomic mass is 9.55. The van der Waals surface area contributed by atoms with E-state index in [1.165, 1.54) is 23.8 Å². The van der Waals surface area contributed by atoms with Gasteiger partial charge in [-0.05, 0) is 84.1 Å². The zero-order valence-corrected chi connectivity index (χ0v) is 18.4. The first-order chi connectivity index (χ1) is 15.0. The number of hydrogen-bond donors (Lipinski definition) is 1. The molecule has 0 aliphatic heterocycles. The van der Waals surface area contributed by atoms with Crippen LogP contribution in [0.4, 0.5) is 0 Å². The van der Waals surface area contributed by atoms with Gasteiger partial charge in [0.2, 0.25) is 0 Å². The van der Waals surface area contributed by atoms with E-state index in [-0.39, 0.29) is 17.3 Å². The Morgan fingerprint density at radius 2 is 1.97 bits per heavy atom. The smallest absolute Gasteiger partial charge is 0.311 e. The molecule has 2 aromatic rings. The fourth-order valence-corrected chi connectivity index (χ4v) is 6.79. The number of hydrogen-bond acceptors (Lipinski definition) is 4. The molecule has 1 N–H and O–H groups in total. The van der Waals surface area contributed by atoms with E-state index < -0.39 is 6.10 Å². The van der Waals surface area contributed by atoms with E-state index >= 15 is 0 Å². The number of benzene rings is 2. The number of rotatable bonds is 4. The molecule has 31 heavy (non-hydrogen) atoms. The number of methoxy groups -OCH3 is 1. The van der Waals surface area contributed by atoms with Crippen LogP contribution in [0.25, 0.3) is 0 Å². The molecule has 0 amide bonds. The molecule has 6 atom stereocenters. The monoisotopic (exact) mass is 420 g/mol. The molecule has 164 valence electrons. The molecule has 2 aromatic carbocycles. The molecule has 0 saturated heterocycles. The van der Waals surface area contributed by atoms with Crippen molar-refractivity contribution in [2.24, 2.45) is 23.2 Å². The number of esters is 1. The second-order valence-corrected chi connectivity index (χ2v) is 9.91. The van der Waals surface area contributed by atoms with Crippen molar-refractivity contribution in [2.45, 2.75) is 57.7 Å². The molecule has 0 aromatic heterocycles. The first kappa shape index (κ1) is 20.6. The van der Waals surface area contributed by atoms with Gasteiger partial charge in [-0.3, -0.25) is 4.79 Å². The second kappa shape index (κ2) is 7.98. The van der Waals surface area contributed by atoms with Gasteiger partial charge < -0.3 is 14.6 Å². The van der Waals surface area contributed by atoms with Crippen molar-refractivity contribution in [3.63, 3.8) is 0 Å². The Labute approximate surface area is 184 Å². The third-order valence-electron chi connectivity index (χ3n) is 8.45. The minimum absolute atomic E-state index is 0.184. The normalized spacial score (nSPS) is 33.7. The van der Waals surface area contributed by atoms with Gasteiger partial charge in [0, 0.05) is 0 Å². The largest absolute Gasteiger partial charge is 0.489 e. The van der Waals surface area contributed by atoms with Crippen LogP contribution in [-0.4, -0.2) is 24.3 Å². The topological polar surface area (TPSA) is 55.8 Å². The van der Waals surface area contributed by atoms with Crippen LogP contribution in [0.5, 0.6) is 5.75 Å². The highest BCUT2D eigenvalue weighted by atomic mass is 16.5. The Bertz CT molecular complexity index is 955. The standard InChI is InChI=1S/C27H32O4/c1-27-13-12-21-20-11-9-19(31-16-17-6-4-3-5-7-17)14-18(20)8-10-22(21)24(27)15-23(25(27)28)26(29)30-2/h3-7,9,11,14,21-25,28H,8,10,12-13,15-16H2,1-2H3. The van der Waals surface area contributed by atoms with Crippen molar-refractivity contribution in [1.82, 2.24) is 0 Å². The van der Waals surface area contributed by atoms with Crippen LogP contribution in [0, 0.1) is 23.2 Å². The van der Waals surface area contributed by atoms with Crippen LogP contribution >= 0.6 is 0 Å². The molecule has 3 aliphatic carbocycles. The van der Waals surface area contributed by atoms with Crippen LogP contribution in [0.3, 0.4) is 0 Å². The lowest BCUT2D eigenvalue weighted by Crippen LogP contribution is -2.44. The van der Waals surface area contributed by atoms with Gasteiger partial charge >= 0.3 is 5.97 Å². The summed E-state index contributed by atoms with van der Waals surface area (Å²) < 4.78 is 11.1. The minimum atomic E-state index is -0.596. The van der Waals surface area contributed by atoms with E-state index in [1.807, 2.05) is 18.2 Å². The Morgan fingerprint density at radius 3 is 2.74 bits per heavy atom. The summed E-state index contributed by atoms with van der Waals surface area (Å²) in [5.74, 6) is 1.70. The van der Waals surface area contributed by atoms with Gasteiger partial charge in [-0.15, -0.1) is 0 Å². The SMILES string of the molecule is COC(=O)C1CC2C3CCc4cc(OCc5ccccc5)ccc4C3CCC2(C)C1O. The van der Waals surface area contributed by atoms with Crippen molar-refractivity contribution in [3.8, 4) is 5.75 Å². The first-order valence-corrected chi connectivity index (χ1v) is 11.6. The maximum absolute atomic E-state index is 12.3. The third-order valence-corrected chi connectivity index (χ3v) is 8.45. The molecular formula is C27H32O4. The quantitative estimate of drug-likeness (QED) is 0.716. The summed E-state index contributed by atoms with van der Waals surface area (Å²) in [5.41, 5.74) is 3.84. The third kappa shape index (κ3) is 3.45. The zero-order valence-electron chi connectivity index (χ0n) is 18.4. The molecule has 0 radical (unpaired) electrons. The van der Waals surface area contributed by atoms with Gasteiger partial charge in [0.25, 0.3) is 0 Å². The van der Waals surface area contributed by atoms with E-state index in [1.54, 1.807) is 0 Å². The number of aryl methyl sites for hydroxylation is 1. The molecular weight excluding hydrogens is 388 g/mol. The highest BCUT2D eigenvalue weighted by molar-refractivity contribution is 5.73. The summed E-state index contributed by atoms with van der Waals surface area (Å²) in [6.45, 7) is 2.77. The number of fused-ring (bicyclic) bond motifs is 5. The summed E-state index contributed by atoms with van der Waals surface area (Å²) in [6.07, 6.45) is 4.32. The molecule has 4 nitrogen and oxygen atoms in total. The van der Waals surface area contributed by atoms with Gasteiger partial charge in [0.1, 0.15) is 12.4 Å². The molecule has 0 heterocycles. The van der Waals surface area contributed by atoms with Crippen molar-refractivity contribution < 1.29 is 19.4 Å². The summed E-state index contributed by atoms with van der Waals surface area (Å²) in [7, 11) is 1.43. The van der Waals surface area contributed by atoms with E-state index in [9.17, 15) is 9.90 Å². The molecule has 4 heteroatoms. The summed E-state index contributed by atoms with van der Waals surface area (Å²) in [5, 5.41) is 11.0. The fourth-order valence-electron chi connectivity index (χ4n) is 6.79. The predicted molar refractivity (Wildman–Crippen MR) is 119 cm³/mol. The van der Waals surface area contributed by atoms with Crippen molar-refractivity contribution in [2.75, 3.05) is 7.11 Å². The average molecular weight is 421 g/mol. The Morgan fingerprint density at radius 1 is 1.16 bits per heavy atom. The Kier molecular flexibility index (Phi) is 5.29. The van der Waals surface area contributed by atoms with E-state index in [0.29, 0.717) is 24.4 Å². The molecule has 0 spiro atoms. The highest BCUT2D eigenvalue weighted by Gasteiger charge is 2.59. The zero-order chi connectivity index (χ0) is 21.6. The fraction of sp³-hybridized carbons (Fsp3) is 0.519. The van der Waals surface area contributed by atoms with Crippen LogP contribution < -0.4 is 4.74 Å². The maximum atomic E-state index is 12.3. The van der Waals surface area contributed by atoms with Crippen LogP contribution in [0.1, 0.15) is 55.2 Å². The van der Waals surface area contributed by atoms with Crippen LogP contribution in [0.2, 0.25) is 0 Å². The lowest BCUT2D eigenvalue weighted by Gasteiger charge is -2.50. The van der Waals surface area contributed by atoms with Crippen molar-refractivity contribution in [3.05, 3.63) is 65.2 Å². The summed E-state index contributed by atoms with van der Waals surface area (Å²) in [4.78, 5) is 12.3. The predicted octanol–water partition coefficient (Wildman–Crippen LogP) is 4.88. The number of carbonyl (C=O) groups is 1. The first-order valence-electron chi connectivity index (χ1n) is 11.6. The summed E-state index contributed by atoms with van der Waals surface area (Å²) in [6, 6.07) is 16.9. The lowest BCUT2D eigenvalue weighted by molar-refractivity contribution is -0.150. The molecule has 6 unspecified atom stereocenters. The minimum Gasteiger partial charge on any atom is -0.489 e. The van der Waals surface area contributed by atoms with Crippen LogP contribution in [-0.2, 0) is 22.6 Å². The number of aliphatic hydroxyl groups excluding tert-OH is 1. The molecule has 3 aliphatic rings. The molecule has 2 fully saturated rings. The van der Waals surface area contributed by atoms with Crippen molar-refractivity contribution in [1.29, 1.82) is 0 Å². The number of ether oxygens (including phenoxy) is 2. The maximum Gasteiger partial charge on any atom is 0.311 e. The van der Waals surface area contributed by atoms with Gasteiger partial charge in [-0.2, -0.15) is 0 Å². The van der Waals surface area contributed by atoms with E-state index in [2.05, 4.69) is 37.3 Å². The molecule has 2 saturated carbocycles. The Balaban J connectivity index is 1.34. The van der Waals surface area contributed by atoms with Crippen molar-refractivity contribution >= 4 is 5.97 Å². The molecule has 5 rings (SSSR count). The van der Waals surface area contributed by atoms with E-state index in [0.717, 1.165) is 37.9 Å². The van der Waals surface area contributed by atoms with Crippen LogP contribution in [0.15, 0.2) is 48.5 Å². The van der Waals surface area contributed by atoms with Gasteiger partial charge in [0.15, 0.2) is 0 Å². The number of carbonyl (C=O) groups excluding carboxylic acids is 1. The Hall–Kier alpha value is -2.33. The second-order valence-electron chi connectivity index (χ2n) is 9.91. The van der Waals surface area contributed by atoms with Gasteiger partial charge in [-0.25, -0.2) is 0 Å².